The number of Topliss-reactive ketones (excluding diaryl/α,β-unsaturated/α-hetero) is 1. The number of hydrogen-bond acceptors (Lipinski definition) is 7. The molecule has 0 radical (unpaired) electrons. The quantitative estimate of drug-likeness (QED) is 0.403. The predicted octanol–water partition coefficient (Wildman–Crippen LogP) is 2.92. The molecule has 2 aliphatic heterocycles. The highest BCUT2D eigenvalue weighted by molar-refractivity contribution is 6.46. The zero-order valence-corrected chi connectivity index (χ0v) is 18.0. The molecule has 8 nitrogen and oxygen atoms in total. The summed E-state index contributed by atoms with van der Waals surface area (Å²) in [6.07, 6.45) is 0. The van der Waals surface area contributed by atoms with Crippen LogP contribution in [0.2, 0.25) is 0 Å². The lowest BCUT2D eigenvalue weighted by Gasteiger charge is -2.26. The van der Waals surface area contributed by atoms with Crippen molar-refractivity contribution in [1.82, 2.24) is 4.90 Å². The van der Waals surface area contributed by atoms with Crippen molar-refractivity contribution in [2.24, 2.45) is 0 Å². The highest BCUT2D eigenvalue weighted by Gasteiger charge is 2.47. The standard InChI is InChI=1S/C24H25NO7/c1-3-30-17-7-5-4-6-16(17)21-20(23(27)24(28)25(21)10-11-29-2)22(26)15-8-9-18-19(14-15)32-13-12-31-18/h4-9,14,21,26H,3,10-13H2,1-2H3. The average molecular weight is 439 g/mol. The molecule has 2 heterocycles. The van der Waals surface area contributed by atoms with E-state index in [1.807, 2.05) is 13.0 Å². The van der Waals surface area contributed by atoms with Crippen LogP contribution in [-0.2, 0) is 14.3 Å². The number of fused-ring (bicyclic) bond motifs is 1. The number of amides is 1. The molecule has 1 fully saturated rings. The van der Waals surface area contributed by atoms with Crippen LogP contribution in [0, 0.1) is 0 Å². The number of rotatable bonds is 7. The first kappa shape index (κ1) is 21.7. The number of likely N-dealkylation sites (tertiary alicyclic amines) is 1. The summed E-state index contributed by atoms with van der Waals surface area (Å²) in [7, 11) is 1.52. The van der Waals surface area contributed by atoms with Gasteiger partial charge in [0.2, 0.25) is 0 Å². The summed E-state index contributed by atoms with van der Waals surface area (Å²) in [6, 6.07) is 11.3. The van der Waals surface area contributed by atoms with Crippen molar-refractivity contribution >= 4 is 17.4 Å². The van der Waals surface area contributed by atoms with E-state index in [-0.39, 0.29) is 24.5 Å². The number of carbonyl (C=O) groups excluding carboxylic acids is 2. The van der Waals surface area contributed by atoms with Gasteiger partial charge in [0.1, 0.15) is 24.7 Å². The Kier molecular flexibility index (Phi) is 6.32. The largest absolute Gasteiger partial charge is 0.507 e. The van der Waals surface area contributed by atoms with Crippen LogP contribution < -0.4 is 14.2 Å². The number of aliphatic hydroxyl groups excluding tert-OH is 1. The van der Waals surface area contributed by atoms with Gasteiger partial charge < -0.3 is 29.0 Å². The number of benzene rings is 2. The van der Waals surface area contributed by atoms with Gasteiger partial charge in [-0.25, -0.2) is 0 Å². The maximum Gasteiger partial charge on any atom is 0.295 e. The first-order chi connectivity index (χ1) is 15.6. The summed E-state index contributed by atoms with van der Waals surface area (Å²) in [5.41, 5.74) is 0.969. The van der Waals surface area contributed by atoms with E-state index in [4.69, 9.17) is 18.9 Å². The minimum atomic E-state index is -0.818. The van der Waals surface area contributed by atoms with E-state index in [1.165, 1.54) is 12.0 Å². The van der Waals surface area contributed by atoms with Crippen molar-refractivity contribution in [2.75, 3.05) is 40.1 Å². The number of ketones is 1. The molecule has 0 aromatic heterocycles. The number of hydrogen-bond donors (Lipinski definition) is 1. The van der Waals surface area contributed by atoms with Crippen molar-refractivity contribution < 1.29 is 33.6 Å². The maximum absolute atomic E-state index is 13.1. The van der Waals surface area contributed by atoms with Gasteiger partial charge >= 0.3 is 0 Å². The molecule has 4 rings (SSSR count). The SMILES string of the molecule is CCOc1ccccc1C1C(=C(O)c2ccc3c(c2)OCCO3)C(=O)C(=O)N1CCOC. The summed E-state index contributed by atoms with van der Waals surface area (Å²) in [6.45, 7) is 3.52. The normalized spacial score (nSPS) is 19.3. The number of para-hydroxylation sites is 1. The molecule has 1 atom stereocenters. The van der Waals surface area contributed by atoms with E-state index in [2.05, 4.69) is 0 Å². The maximum atomic E-state index is 13.1. The molecule has 0 spiro atoms. The van der Waals surface area contributed by atoms with Gasteiger partial charge in [-0.05, 0) is 31.2 Å². The Morgan fingerprint density at radius 3 is 2.62 bits per heavy atom. The van der Waals surface area contributed by atoms with Crippen molar-refractivity contribution in [3.05, 3.63) is 59.2 Å². The minimum absolute atomic E-state index is 0.00469. The number of methoxy groups -OCH3 is 1. The molecular formula is C24H25NO7. The first-order valence-electron chi connectivity index (χ1n) is 10.5. The van der Waals surface area contributed by atoms with Gasteiger partial charge in [0.25, 0.3) is 11.7 Å². The van der Waals surface area contributed by atoms with Crippen LogP contribution in [0.25, 0.3) is 5.76 Å². The van der Waals surface area contributed by atoms with Crippen molar-refractivity contribution in [2.45, 2.75) is 13.0 Å². The van der Waals surface area contributed by atoms with Gasteiger partial charge in [0.05, 0.1) is 24.8 Å². The summed E-state index contributed by atoms with van der Waals surface area (Å²) in [5, 5.41) is 11.2. The molecular weight excluding hydrogens is 414 g/mol. The molecule has 2 aromatic rings. The molecule has 0 bridgehead atoms. The van der Waals surface area contributed by atoms with E-state index < -0.39 is 17.7 Å². The smallest absolute Gasteiger partial charge is 0.295 e. The lowest BCUT2D eigenvalue weighted by Crippen LogP contribution is -2.32. The van der Waals surface area contributed by atoms with E-state index in [9.17, 15) is 14.7 Å². The fraction of sp³-hybridized carbons (Fsp3) is 0.333. The molecule has 168 valence electrons. The van der Waals surface area contributed by atoms with Crippen LogP contribution in [0.5, 0.6) is 17.2 Å². The molecule has 8 heteroatoms. The zero-order chi connectivity index (χ0) is 22.7. The third kappa shape index (κ3) is 3.89. The molecule has 0 aliphatic carbocycles. The monoisotopic (exact) mass is 439 g/mol. The highest BCUT2D eigenvalue weighted by Crippen LogP contribution is 2.43. The molecule has 1 unspecified atom stereocenters. The van der Waals surface area contributed by atoms with Crippen LogP contribution in [-0.4, -0.2) is 61.8 Å². The molecule has 1 saturated heterocycles. The van der Waals surface area contributed by atoms with E-state index in [0.717, 1.165) is 0 Å². The molecule has 0 saturated carbocycles. The molecule has 1 amide bonds. The zero-order valence-electron chi connectivity index (χ0n) is 18.0. The van der Waals surface area contributed by atoms with E-state index >= 15 is 0 Å². The Labute approximate surface area is 185 Å². The Morgan fingerprint density at radius 2 is 1.88 bits per heavy atom. The number of aliphatic hydroxyl groups is 1. The molecule has 2 aromatic carbocycles. The van der Waals surface area contributed by atoms with Crippen LogP contribution in [0.15, 0.2) is 48.0 Å². The van der Waals surface area contributed by atoms with Gasteiger partial charge in [-0.2, -0.15) is 0 Å². The molecule has 1 N–H and O–H groups in total. The van der Waals surface area contributed by atoms with E-state index in [0.29, 0.717) is 48.2 Å². The highest BCUT2D eigenvalue weighted by atomic mass is 16.6. The van der Waals surface area contributed by atoms with E-state index in [1.54, 1.807) is 36.4 Å². The topological polar surface area (TPSA) is 94.5 Å². The van der Waals surface area contributed by atoms with Gasteiger partial charge in [-0.3, -0.25) is 9.59 Å². The Bertz CT molecular complexity index is 1060. The molecule has 2 aliphatic rings. The van der Waals surface area contributed by atoms with Gasteiger partial charge in [0.15, 0.2) is 11.5 Å². The molecule has 32 heavy (non-hydrogen) atoms. The van der Waals surface area contributed by atoms with Crippen LogP contribution >= 0.6 is 0 Å². The summed E-state index contributed by atoms with van der Waals surface area (Å²) < 4.78 is 22.0. The second kappa shape index (κ2) is 9.32. The van der Waals surface area contributed by atoms with Gasteiger partial charge in [0, 0.05) is 24.8 Å². The van der Waals surface area contributed by atoms with Crippen LogP contribution in [0.4, 0.5) is 0 Å². The van der Waals surface area contributed by atoms with Gasteiger partial charge in [-0.15, -0.1) is 0 Å². The minimum Gasteiger partial charge on any atom is -0.507 e. The number of nitrogens with zero attached hydrogens (tertiary/aromatic N) is 1. The number of carbonyl (C=O) groups is 2. The fourth-order valence-corrected chi connectivity index (χ4v) is 3.96. The second-order valence-electron chi connectivity index (χ2n) is 7.31. The fourth-order valence-electron chi connectivity index (χ4n) is 3.96. The number of ether oxygens (including phenoxy) is 4. The summed E-state index contributed by atoms with van der Waals surface area (Å²) >= 11 is 0. The van der Waals surface area contributed by atoms with Crippen LogP contribution in [0.1, 0.15) is 24.1 Å². The third-order valence-electron chi connectivity index (χ3n) is 5.41. The second-order valence-corrected chi connectivity index (χ2v) is 7.31. The Morgan fingerprint density at radius 1 is 1.12 bits per heavy atom. The lowest BCUT2D eigenvalue weighted by atomic mass is 9.94. The first-order valence-corrected chi connectivity index (χ1v) is 10.5. The Balaban J connectivity index is 1.86. The van der Waals surface area contributed by atoms with Crippen molar-refractivity contribution in [3.8, 4) is 17.2 Å². The van der Waals surface area contributed by atoms with Crippen molar-refractivity contribution in [1.29, 1.82) is 0 Å². The Hall–Kier alpha value is -3.52. The summed E-state index contributed by atoms with van der Waals surface area (Å²) in [4.78, 5) is 27.4. The van der Waals surface area contributed by atoms with Crippen molar-refractivity contribution in [3.63, 3.8) is 0 Å². The third-order valence-corrected chi connectivity index (χ3v) is 5.41. The lowest BCUT2D eigenvalue weighted by molar-refractivity contribution is -0.140. The van der Waals surface area contributed by atoms with Gasteiger partial charge in [-0.1, -0.05) is 18.2 Å². The predicted molar refractivity (Wildman–Crippen MR) is 116 cm³/mol. The average Bonchev–Trinajstić information content (AvgIpc) is 3.07. The summed E-state index contributed by atoms with van der Waals surface area (Å²) in [5.74, 6) is -0.164. The van der Waals surface area contributed by atoms with Crippen LogP contribution in [0.3, 0.4) is 0 Å².